The maximum atomic E-state index is 12.8. The van der Waals surface area contributed by atoms with E-state index in [4.69, 9.17) is 9.47 Å². The summed E-state index contributed by atoms with van der Waals surface area (Å²) in [5, 5.41) is 2.80. The molecular weight excluding hydrogens is 309 g/mol. The maximum absolute atomic E-state index is 12.8. The van der Waals surface area contributed by atoms with Crippen LogP contribution in [0, 0.1) is 5.82 Å². The van der Waals surface area contributed by atoms with Crippen LogP contribution in [0.3, 0.4) is 0 Å². The van der Waals surface area contributed by atoms with Crippen LogP contribution in [0.5, 0.6) is 11.5 Å². The second kappa shape index (κ2) is 8.72. The zero-order valence-corrected chi connectivity index (χ0v) is 13.7. The molecule has 4 nitrogen and oxygen atoms in total. The number of rotatable bonds is 7. The molecule has 0 radical (unpaired) electrons. The number of nitrogens with one attached hydrogen (secondary N) is 1. The highest BCUT2D eigenvalue weighted by Gasteiger charge is 2.06. The summed E-state index contributed by atoms with van der Waals surface area (Å²) in [6.45, 7) is 2.20. The predicted octanol–water partition coefficient (Wildman–Crippen LogP) is 3.43. The molecule has 2 aromatic rings. The van der Waals surface area contributed by atoms with Crippen LogP contribution in [0.15, 0.2) is 54.6 Å². The van der Waals surface area contributed by atoms with Crippen molar-refractivity contribution in [2.24, 2.45) is 0 Å². The summed E-state index contributed by atoms with van der Waals surface area (Å²) in [5.74, 6) is 0.930. The highest BCUT2D eigenvalue weighted by molar-refractivity contribution is 5.91. The lowest BCUT2D eigenvalue weighted by Gasteiger charge is -2.14. The standard InChI is InChI=1S/C19H20FNO3/c1-14(13-24-18-10-8-17(23-2)9-11-18)21-19(22)12-5-15-3-6-16(20)7-4-15/h3-12,14H,13H2,1-2H3,(H,21,22)/b12-5+/t14-/m1/s1. The van der Waals surface area contributed by atoms with Crippen molar-refractivity contribution >= 4 is 12.0 Å². The normalized spacial score (nSPS) is 12.0. The molecule has 126 valence electrons. The number of halogens is 1. The molecule has 1 amide bonds. The summed E-state index contributed by atoms with van der Waals surface area (Å²) in [6, 6.07) is 13.0. The molecule has 0 saturated carbocycles. The van der Waals surface area contributed by atoms with Crippen molar-refractivity contribution in [2.45, 2.75) is 13.0 Å². The minimum Gasteiger partial charge on any atom is -0.497 e. The Labute approximate surface area is 140 Å². The molecule has 0 heterocycles. The van der Waals surface area contributed by atoms with E-state index >= 15 is 0 Å². The molecule has 2 aromatic carbocycles. The van der Waals surface area contributed by atoms with Crippen LogP contribution < -0.4 is 14.8 Å². The van der Waals surface area contributed by atoms with Gasteiger partial charge in [-0.2, -0.15) is 0 Å². The van der Waals surface area contributed by atoms with Crippen molar-refractivity contribution in [3.05, 3.63) is 66.0 Å². The molecule has 0 bridgehead atoms. The van der Waals surface area contributed by atoms with E-state index in [0.717, 1.165) is 11.3 Å². The molecular formula is C19H20FNO3. The highest BCUT2D eigenvalue weighted by Crippen LogP contribution is 2.17. The summed E-state index contributed by atoms with van der Waals surface area (Å²) in [7, 11) is 1.60. The van der Waals surface area contributed by atoms with E-state index < -0.39 is 0 Å². The van der Waals surface area contributed by atoms with Gasteiger partial charge in [0.2, 0.25) is 5.91 Å². The van der Waals surface area contributed by atoms with E-state index in [1.807, 2.05) is 31.2 Å². The minimum absolute atomic E-state index is 0.155. The highest BCUT2D eigenvalue weighted by atomic mass is 19.1. The summed E-state index contributed by atoms with van der Waals surface area (Å²) in [6.07, 6.45) is 3.04. The molecule has 1 N–H and O–H groups in total. The van der Waals surface area contributed by atoms with Crippen LogP contribution in [0.2, 0.25) is 0 Å². The molecule has 0 saturated heterocycles. The van der Waals surface area contributed by atoms with Crippen LogP contribution in [0.4, 0.5) is 4.39 Å². The molecule has 2 rings (SSSR count). The van der Waals surface area contributed by atoms with Crippen molar-refractivity contribution in [3.63, 3.8) is 0 Å². The first-order valence-electron chi connectivity index (χ1n) is 7.58. The Kier molecular flexibility index (Phi) is 6.37. The second-order valence-electron chi connectivity index (χ2n) is 5.28. The van der Waals surface area contributed by atoms with Gasteiger partial charge in [-0.3, -0.25) is 4.79 Å². The Morgan fingerprint density at radius 2 is 1.75 bits per heavy atom. The number of hydrogen-bond acceptors (Lipinski definition) is 3. The van der Waals surface area contributed by atoms with E-state index in [1.165, 1.54) is 18.2 Å². The molecule has 24 heavy (non-hydrogen) atoms. The maximum Gasteiger partial charge on any atom is 0.244 e. The van der Waals surface area contributed by atoms with Crippen LogP contribution in [0.25, 0.3) is 6.08 Å². The van der Waals surface area contributed by atoms with Crippen LogP contribution in [-0.2, 0) is 4.79 Å². The Morgan fingerprint density at radius 1 is 1.12 bits per heavy atom. The van der Waals surface area contributed by atoms with E-state index in [0.29, 0.717) is 12.4 Å². The Morgan fingerprint density at radius 3 is 2.38 bits per heavy atom. The van der Waals surface area contributed by atoms with E-state index in [-0.39, 0.29) is 17.8 Å². The lowest BCUT2D eigenvalue weighted by Crippen LogP contribution is -2.35. The van der Waals surface area contributed by atoms with E-state index in [9.17, 15) is 9.18 Å². The number of methoxy groups -OCH3 is 1. The van der Waals surface area contributed by atoms with Gasteiger partial charge in [0.25, 0.3) is 0 Å². The predicted molar refractivity (Wildman–Crippen MR) is 91.5 cm³/mol. The van der Waals surface area contributed by atoms with Crippen molar-refractivity contribution in [3.8, 4) is 11.5 Å². The fourth-order valence-corrected chi connectivity index (χ4v) is 1.97. The SMILES string of the molecule is COc1ccc(OC[C@@H](C)NC(=O)/C=C/c2ccc(F)cc2)cc1. The lowest BCUT2D eigenvalue weighted by atomic mass is 10.2. The van der Waals surface area contributed by atoms with Crippen LogP contribution in [0.1, 0.15) is 12.5 Å². The average molecular weight is 329 g/mol. The first-order valence-corrected chi connectivity index (χ1v) is 7.58. The van der Waals surface area contributed by atoms with Gasteiger partial charge in [-0.1, -0.05) is 12.1 Å². The molecule has 5 heteroatoms. The first-order chi connectivity index (χ1) is 11.6. The molecule has 0 aromatic heterocycles. The van der Waals surface area contributed by atoms with Gasteiger partial charge in [0.1, 0.15) is 23.9 Å². The summed E-state index contributed by atoms with van der Waals surface area (Å²) in [4.78, 5) is 11.8. The molecule has 0 aliphatic heterocycles. The van der Waals surface area contributed by atoms with Gasteiger partial charge in [-0.05, 0) is 55.0 Å². The third kappa shape index (κ3) is 5.76. The van der Waals surface area contributed by atoms with E-state index in [1.54, 1.807) is 25.3 Å². The van der Waals surface area contributed by atoms with Gasteiger partial charge >= 0.3 is 0 Å². The van der Waals surface area contributed by atoms with Gasteiger partial charge < -0.3 is 14.8 Å². The van der Waals surface area contributed by atoms with Gasteiger partial charge in [-0.15, -0.1) is 0 Å². The molecule has 0 aliphatic carbocycles. The summed E-state index contributed by atoms with van der Waals surface area (Å²) in [5.41, 5.74) is 0.758. The van der Waals surface area contributed by atoms with Gasteiger partial charge in [0, 0.05) is 6.08 Å². The largest absolute Gasteiger partial charge is 0.497 e. The second-order valence-corrected chi connectivity index (χ2v) is 5.28. The fourth-order valence-electron chi connectivity index (χ4n) is 1.97. The van der Waals surface area contributed by atoms with Crippen molar-refractivity contribution in [1.29, 1.82) is 0 Å². The number of amides is 1. The minimum atomic E-state index is -0.305. The quantitative estimate of drug-likeness (QED) is 0.792. The van der Waals surface area contributed by atoms with Crippen molar-refractivity contribution in [1.82, 2.24) is 5.32 Å². The number of hydrogen-bond donors (Lipinski definition) is 1. The molecule has 0 spiro atoms. The van der Waals surface area contributed by atoms with Crippen LogP contribution in [-0.4, -0.2) is 25.7 Å². The topological polar surface area (TPSA) is 47.6 Å². The summed E-state index contributed by atoms with van der Waals surface area (Å²) < 4.78 is 23.5. The van der Waals surface area contributed by atoms with Crippen LogP contribution >= 0.6 is 0 Å². The Hall–Kier alpha value is -2.82. The number of carbonyl (C=O) groups excluding carboxylic acids is 1. The first kappa shape index (κ1) is 17.5. The molecule has 0 unspecified atom stereocenters. The zero-order valence-electron chi connectivity index (χ0n) is 13.7. The van der Waals surface area contributed by atoms with Gasteiger partial charge in [-0.25, -0.2) is 4.39 Å². The van der Waals surface area contributed by atoms with Gasteiger partial charge in [0.15, 0.2) is 0 Å². The average Bonchev–Trinajstić information content (AvgIpc) is 2.60. The number of benzene rings is 2. The third-order valence-corrected chi connectivity index (χ3v) is 3.25. The molecule has 1 atom stereocenters. The molecule has 0 aliphatic rings. The molecule has 0 fully saturated rings. The lowest BCUT2D eigenvalue weighted by molar-refractivity contribution is -0.117. The van der Waals surface area contributed by atoms with E-state index in [2.05, 4.69) is 5.32 Å². The smallest absolute Gasteiger partial charge is 0.244 e. The number of ether oxygens (including phenoxy) is 2. The number of carbonyl (C=O) groups is 1. The Bertz CT molecular complexity index is 681. The summed E-state index contributed by atoms with van der Waals surface area (Å²) >= 11 is 0. The third-order valence-electron chi connectivity index (χ3n) is 3.25. The monoisotopic (exact) mass is 329 g/mol. The van der Waals surface area contributed by atoms with Crippen molar-refractivity contribution < 1.29 is 18.7 Å². The Balaban J connectivity index is 1.77. The van der Waals surface area contributed by atoms with Crippen molar-refractivity contribution in [2.75, 3.05) is 13.7 Å². The fraction of sp³-hybridized carbons (Fsp3) is 0.211. The zero-order chi connectivity index (χ0) is 17.4. The van der Waals surface area contributed by atoms with Gasteiger partial charge in [0.05, 0.1) is 13.2 Å².